The van der Waals surface area contributed by atoms with E-state index in [-0.39, 0.29) is 0 Å². The molecule has 0 amide bonds. The van der Waals surface area contributed by atoms with Crippen molar-refractivity contribution in [3.63, 3.8) is 0 Å². The quantitative estimate of drug-likeness (QED) is 0.643. The van der Waals surface area contributed by atoms with Crippen LogP contribution in [0.4, 0.5) is 0 Å². The molecule has 2 nitrogen and oxygen atoms in total. The van der Waals surface area contributed by atoms with Crippen LogP contribution < -0.4 is 11.1 Å². The van der Waals surface area contributed by atoms with Gasteiger partial charge in [-0.1, -0.05) is 13.3 Å². The van der Waals surface area contributed by atoms with E-state index in [0.717, 1.165) is 0 Å². The van der Waals surface area contributed by atoms with Gasteiger partial charge in [-0.05, 0) is 26.2 Å². The maximum atomic E-state index is 5.68. The minimum Gasteiger partial charge on any atom is -0.328 e. The fourth-order valence-electron chi connectivity index (χ4n) is 1.72. The van der Waals surface area contributed by atoms with Crippen molar-refractivity contribution in [1.29, 1.82) is 0 Å². The highest BCUT2D eigenvalue weighted by atomic mass is 15.0. The topological polar surface area (TPSA) is 38.0 Å². The van der Waals surface area contributed by atoms with Crippen LogP contribution in [0.15, 0.2) is 0 Å². The molecule has 66 valence electrons. The summed E-state index contributed by atoms with van der Waals surface area (Å²) in [6.07, 6.45) is 4.90. The first-order valence-electron chi connectivity index (χ1n) is 4.74. The summed E-state index contributed by atoms with van der Waals surface area (Å²) in [5.41, 5.74) is 5.68. The first-order valence-corrected chi connectivity index (χ1v) is 4.74. The second kappa shape index (κ2) is 4.07. The Balaban J connectivity index is 2.02. The molecule has 1 aliphatic carbocycles. The molecule has 0 spiro atoms. The number of nitrogens with one attached hydrogen (secondary N) is 1. The van der Waals surface area contributed by atoms with Crippen LogP contribution in [0.5, 0.6) is 0 Å². The molecule has 2 heteroatoms. The Hall–Kier alpha value is -0.0800. The largest absolute Gasteiger partial charge is 0.328 e. The summed E-state index contributed by atoms with van der Waals surface area (Å²) in [4.78, 5) is 0. The monoisotopic (exact) mass is 156 g/mol. The molecule has 0 aromatic heterocycles. The van der Waals surface area contributed by atoms with Gasteiger partial charge in [0.1, 0.15) is 0 Å². The zero-order chi connectivity index (χ0) is 8.27. The van der Waals surface area contributed by atoms with Gasteiger partial charge >= 0.3 is 0 Å². The molecular formula is C9H20N2. The Morgan fingerprint density at radius 2 is 2.18 bits per heavy atom. The number of nitrogens with two attached hydrogens (primary N) is 1. The molecule has 0 saturated heterocycles. The van der Waals surface area contributed by atoms with Crippen LogP contribution >= 0.6 is 0 Å². The normalized spacial score (nSPS) is 33.0. The average molecular weight is 156 g/mol. The van der Waals surface area contributed by atoms with Gasteiger partial charge in [-0.25, -0.2) is 0 Å². The summed E-state index contributed by atoms with van der Waals surface area (Å²) in [6, 6.07) is 1.87. The van der Waals surface area contributed by atoms with Crippen LogP contribution in [0.2, 0.25) is 0 Å². The van der Waals surface area contributed by atoms with Gasteiger partial charge in [0.05, 0.1) is 0 Å². The molecule has 1 atom stereocenters. The Kier molecular flexibility index (Phi) is 3.34. The highest BCUT2D eigenvalue weighted by Gasteiger charge is 2.26. The summed E-state index contributed by atoms with van der Waals surface area (Å²) in [7, 11) is 0. The van der Waals surface area contributed by atoms with Crippen LogP contribution in [-0.2, 0) is 0 Å². The van der Waals surface area contributed by atoms with Gasteiger partial charge in [0, 0.05) is 18.1 Å². The second-order valence-corrected chi connectivity index (χ2v) is 3.78. The molecule has 0 aromatic rings. The van der Waals surface area contributed by atoms with E-state index in [9.17, 15) is 0 Å². The smallest absolute Gasteiger partial charge is 0.00990 e. The van der Waals surface area contributed by atoms with Crippen LogP contribution in [-0.4, -0.2) is 18.1 Å². The first-order chi connectivity index (χ1) is 5.22. The van der Waals surface area contributed by atoms with E-state index < -0.39 is 0 Å². The molecule has 1 rings (SSSR count). The summed E-state index contributed by atoms with van der Waals surface area (Å²) >= 11 is 0. The fraction of sp³-hybridized carbons (Fsp3) is 1.00. The highest BCUT2D eigenvalue weighted by molar-refractivity contribution is 4.88. The predicted molar refractivity (Wildman–Crippen MR) is 48.5 cm³/mol. The van der Waals surface area contributed by atoms with E-state index in [1.165, 1.54) is 25.7 Å². The second-order valence-electron chi connectivity index (χ2n) is 3.78. The van der Waals surface area contributed by atoms with E-state index in [2.05, 4.69) is 19.2 Å². The highest BCUT2D eigenvalue weighted by Crippen LogP contribution is 2.18. The van der Waals surface area contributed by atoms with Crippen molar-refractivity contribution in [2.75, 3.05) is 0 Å². The molecule has 11 heavy (non-hydrogen) atoms. The summed E-state index contributed by atoms with van der Waals surface area (Å²) in [6.45, 7) is 4.48. The molecule has 1 aliphatic rings. The zero-order valence-electron chi connectivity index (χ0n) is 7.64. The van der Waals surface area contributed by atoms with Crippen molar-refractivity contribution < 1.29 is 0 Å². The lowest BCUT2D eigenvalue weighted by atomic mass is 9.87. The Morgan fingerprint density at radius 1 is 1.55 bits per heavy atom. The SMILES string of the molecule is CCCC(C)NC1CC(N)C1. The van der Waals surface area contributed by atoms with Crippen LogP contribution in [0, 0.1) is 0 Å². The van der Waals surface area contributed by atoms with Gasteiger partial charge in [0.2, 0.25) is 0 Å². The lowest BCUT2D eigenvalue weighted by molar-refractivity contribution is 0.266. The van der Waals surface area contributed by atoms with Gasteiger partial charge in [-0.2, -0.15) is 0 Å². The summed E-state index contributed by atoms with van der Waals surface area (Å²) in [5.74, 6) is 0. The molecule has 1 unspecified atom stereocenters. The molecule has 0 aromatic carbocycles. The molecule has 0 radical (unpaired) electrons. The van der Waals surface area contributed by atoms with Gasteiger partial charge < -0.3 is 11.1 Å². The van der Waals surface area contributed by atoms with E-state index in [1.54, 1.807) is 0 Å². The molecular weight excluding hydrogens is 136 g/mol. The maximum Gasteiger partial charge on any atom is 0.00990 e. The minimum atomic E-state index is 0.473. The average Bonchev–Trinajstić information content (AvgIpc) is 1.85. The standard InChI is InChI=1S/C9H20N2/c1-3-4-7(2)11-9-5-8(10)6-9/h7-9,11H,3-6,10H2,1-2H3. The Bertz CT molecular complexity index is 105. The first kappa shape index (κ1) is 9.01. The lowest BCUT2D eigenvalue weighted by Crippen LogP contribution is -2.50. The van der Waals surface area contributed by atoms with Crippen molar-refractivity contribution in [3.05, 3.63) is 0 Å². The minimum absolute atomic E-state index is 0.473. The van der Waals surface area contributed by atoms with Crippen LogP contribution in [0.3, 0.4) is 0 Å². The van der Waals surface area contributed by atoms with Crippen LogP contribution in [0.1, 0.15) is 39.5 Å². The lowest BCUT2D eigenvalue weighted by Gasteiger charge is -2.35. The van der Waals surface area contributed by atoms with Gasteiger partial charge in [0.15, 0.2) is 0 Å². The molecule has 1 fully saturated rings. The van der Waals surface area contributed by atoms with E-state index in [1.807, 2.05) is 0 Å². The van der Waals surface area contributed by atoms with E-state index in [4.69, 9.17) is 5.73 Å². The van der Waals surface area contributed by atoms with E-state index >= 15 is 0 Å². The fourth-order valence-corrected chi connectivity index (χ4v) is 1.72. The summed E-state index contributed by atoms with van der Waals surface area (Å²) < 4.78 is 0. The third-order valence-corrected chi connectivity index (χ3v) is 2.42. The number of hydrogen-bond acceptors (Lipinski definition) is 2. The third-order valence-electron chi connectivity index (χ3n) is 2.42. The third kappa shape index (κ3) is 2.80. The Labute approximate surface area is 69.5 Å². The predicted octanol–water partition coefficient (Wildman–Crippen LogP) is 1.25. The van der Waals surface area contributed by atoms with Gasteiger partial charge in [-0.3, -0.25) is 0 Å². The van der Waals surface area contributed by atoms with Gasteiger partial charge in [0.25, 0.3) is 0 Å². The number of hydrogen-bond donors (Lipinski definition) is 2. The van der Waals surface area contributed by atoms with Crippen molar-refractivity contribution in [3.8, 4) is 0 Å². The van der Waals surface area contributed by atoms with Crippen molar-refractivity contribution in [2.45, 2.75) is 57.7 Å². The molecule has 0 aliphatic heterocycles. The van der Waals surface area contributed by atoms with Gasteiger partial charge in [-0.15, -0.1) is 0 Å². The van der Waals surface area contributed by atoms with Crippen molar-refractivity contribution in [1.82, 2.24) is 5.32 Å². The molecule has 1 saturated carbocycles. The van der Waals surface area contributed by atoms with Crippen molar-refractivity contribution in [2.24, 2.45) is 5.73 Å². The van der Waals surface area contributed by atoms with Crippen LogP contribution in [0.25, 0.3) is 0 Å². The Morgan fingerprint density at radius 3 is 2.64 bits per heavy atom. The molecule has 0 heterocycles. The zero-order valence-corrected chi connectivity index (χ0v) is 7.64. The summed E-state index contributed by atoms with van der Waals surface area (Å²) in [5, 5.41) is 3.57. The molecule has 3 N–H and O–H groups in total. The van der Waals surface area contributed by atoms with E-state index in [0.29, 0.717) is 18.1 Å². The maximum absolute atomic E-state index is 5.68. The number of rotatable bonds is 4. The van der Waals surface area contributed by atoms with Crippen molar-refractivity contribution >= 4 is 0 Å². The molecule has 0 bridgehead atoms.